The van der Waals surface area contributed by atoms with Crippen LogP contribution in [-0.2, 0) is 4.79 Å². The number of rotatable bonds is 5. The molecule has 0 unspecified atom stereocenters. The Morgan fingerprint density at radius 1 is 1.30 bits per heavy atom. The fourth-order valence-corrected chi connectivity index (χ4v) is 3.14. The van der Waals surface area contributed by atoms with Gasteiger partial charge in [-0.1, -0.05) is 31.7 Å². The first-order valence-electron chi connectivity index (χ1n) is 8.22. The number of nitrogens with zero attached hydrogens (tertiary/aromatic N) is 2. The lowest BCUT2D eigenvalue weighted by Gasteiger charge is -2.26. The highest BCUT2D eigenvalue weighted by atomic mass is 16.6. The van der Waals surface area contributed by atoms with Gasteiger partial charge < -0.3 is 5.32 Å². The van der Waals surface area contributed by atoms with Gasteiger partial charge in [-0.2, -0.15) is 0 Å². The zero-order valence-corrected chi connectivity index (χ0v) is 13.9. The molecule has 2 rings (SSSR count). The van der Waals surface area contributed by atoms with Crippen LogP contribution in [0.1, 0.15) is 44.1 Å². The molecule has 1 aromatic rings. The Kier molecular flexibility index (Phi) is 6.10. The van der Waals surface area contributed by atoms with Gasteiger partial charge in [0.1, 0.15) is 5.69 Å². The van der Waals surface area contributed by atoms with E-state index < -0.39 is 4.92 Å². The van der Waals surface area contributed by atoms with E-state index in [0.29, 0.717) is 6.04 Å². The molecule has 0 spiro atoms. The molecule has 0 aromatic heterocycles. The van der Waals surface area contributed by atoms with Gasteiger partial charge in [0, 0.05) is 12.1 Å². The largest absolute Gasteiger partial charge is 0.319 e. The molecule has 0 radical (unpaired) electrons. The van der Waals surface area contributed by atoms with E-state index in [-0.39, 0.29) is 23.8 Å². The zero-order valence-electron chi connectivity index (χ0n) is 13.9. The van der Waals surface area contributed by atoms with Crippen molar-refractivity contribution in [2.45, 2.75) is 51.5 Å². The van der Waals surface area contributed by atoms with Crippen molar-refractivity contribution < 1.29 is 9.72 Å². The molecule has 0 atom stereocenters. The lowest BCUT2D eigenvalue weighted by Crippen LogP contribution is -2.37. The van der Waals surface area contributed by atoms with Crippen LogP contribution in [-0.4, -0.2) is 35.4 Å². The van der Waals surface area contributed by atoms with Gasteiger partial charge in [-0.15, -0.1) is 0 Å². The van der Waals surface area contributed by atoms with E-state index in [4.69, 9.17) is 0 Å². The Hall–Kier alpha value is -1.95. The number of benzene rings is 1. The lowest BCUT2D eigenvalue weighted by atomic mass is 10.1. The number of hydrogen-bond acceptors (Lipinski definition) is 4. The van der Waals surface area contributed by atoms with Gasteiger partial charge >= 0.3 is 0 Å². The summed E-state index contributed by atoms with van der Waals surface area (Å²) in [7, 11) is 1.96. The van der Waals surface area contributed by atoms with E-state index in [2.05, 4.69) is 10.2 Å². The number of likely N-dealkylation sites (N-methyl/N-ethyl adjacent to an activating group) is 1. The van der Waals surface area contributed by atoms with Crippen molar-refractivity contribution in [1.29, 1.82) is 0 Å². The number of aryl methyl sites for hydroxylation is 1. The third-order valence-corrected chi connectivity index (χ3v) is 4.47. The average Bonchev–Trinajstić information content (AvgIpc) is 2.78. The van der Waals surface area contributed by atoms with Gasteiger partial charge in [-0.05, 0) is 38.4 Å². The molecule has 0 bridgehead atoms. The summed E-state index contributed by atoms with van der Waals surface area (Å²) in [5.41, 5.74) is 1.00. The fourth-order valence-electron chi connectivity index (χ4n) is 3.14. The highest BCUT2D eigenvalue weighted by Crippen LogP contribution is 2.25. The van der Waals surface area contributed by atoms with Crippen molar-refractivity contribution >= 4 is 17.3 Å². The van der Waals surface area contributed by atoms with E-state index >= 15 is 0 Å². The second-order valence-corrected chi connectivity index (χ2v) is 6.39. The summed E-state index contributed by atoms with van der Waals surface area (Å²) in [5.74, 6) is -0.205. The van der Waals surface area contributed by atoms with Crippen LogP contribution in [0.3, 0.4) is 0 Å². The molecular weight excluding hydrogens is 294 g/mol. The highest BCUT2D eigenvalue weighted by Gasteiger charge is 2.21. The molecule has 1 N–H and O–H groups in total. The second kappa shape index (κ2) is 8.06. The normalized spacial score (nSPS) is 16.1. The van der Waals surface area contributed by atoms with E-state index in [1.807, 2.05) is 7.05 Å². The summed E-state index contributed by atoms with van der Waals surface area (Å²) >= 11 is 0. The summed E-state index contributed by atoms with van der Waals surface area (Å²) in [6.45, 7) is 2.05. The number of carbonyl (C=O) groups excluding carboxylic acids is 1. The van der Waals surface area contributed by atoms with Gasteiger partial charge in [-0.25, -0.2) is 0 Å². The minimum absolute atomic E-state index is 0.0598. The van der Waals surface area contributed by atoms with Crippen LogP contribution in [0.25, 0.3) is 0 Å². The van der Waals surface area contributed by atoms with E-state index in [0.717, 1.165) is 18.4 Å². The van der Waals surface area contributed by atoms with Crippen LogP contribution >= 0.6 is 0 Å². The summed E-state index contributed by atoms with van der Waals surface area (Å²) < 4.78 is 0. The third kappa shape index (κ3) is 5.03. The maximum atomic E-state index is 12.2. The number of nitro benzene ring substituents is 1. The summed E-state index contributed by atoms with van der Waals surface area (Å²) in [6, 6.07) is 5.26. The first-order valence-corrected chi connectivity index (χ1v) is 8.22. The number of amides is 1. The molecule has 1 aliphatic rings. The summed E-state index contributed by atoms with van der Waals surface area (Å²) in [5, 5.41) is 13.8. The Bertz CT molecular complexity index is 566. The van der Waals surface area contributed by atoms with Gasteiger partial charge in [0.2, 0.25) is 5.91 Å². The molecule has 23 heavy (non-hydrogen) atoms. The van der Waals surface area contributed by atoms with Gasteiger partial charge in [0.05, 0.1) is 11.5 Å². The SMILES string of the molecule is Cc1ccc(NC(=O)CN(C)C2CCCCCC2)c([N+](=O)[O-])c1. The van der Waals surface area contributed by atoms with Crippen LogP contribution in [0.5, 0.6) is 0 Å². The molecule has 1 aliphatic carbocycles. The third-order valence-electron chi connectivity index (χ3n) is 4.47. The number of nitrogens with one attached hydrogen (secondary N) is 1. The van der Waals surface area contributed by atoms with Crippen molar-refractivity contribution in [2.24, 2.45) is 0 Å². The first-order chi connectivity index (χ1) is 11.0. The van der Waals surface area contributed by atoms with Crippen LogP contribution in [0.4, 0.5) is 11.4 Å². The summed E-state index contributed by atoms with van der Waals surface area (Å²) in [4.78, 5) is 25.0. The maximum Gasteiger partial charge on any atom is 0.293 e. The second-order valence-electron chi connectivity index (χ2n) is 6.39. The molecule has 6 nitrogen and oxygen atoms in total. The predicted octanol–water partition coefficient (Wildman–Crippen LogP) is 3.50. The molecule has 0 aliphatic heterocycles. The highest BCUT2D eigenvalue weighted by molar-refractivity contribution is 5.94. The molecule has 1 saturated carbocycles. The first kappa shape index (κ1) is 17.4. The van der Waals surface area contributed by atoms with Crippen LogP contribution in [0, 0.1) is 17.0 Å². The van der Waals surface area contributed by atoms with Crippen LogP contribution < -0.4 is 5.32 Å². The zero-order chi connectivity index (χ0) is 16.8. The minimum Gasteiger partial charge on any atom is -0.319 e. The van der Waals surface area contributed by atoms with Crippen molar-refractivity contribution in [3.63, 3.8) is 0 Å². The van der Waals surface area contributed by atoms with Gasteiger partial charge in [0.15, 0.2) is 0 Å². The quantitative estimate of drug-likeness (QED) is 0.512. The number of nitro groups is 1. The molecular formula is C17H25N3O3. The maximum absolute atomic E-state index is 12.2. The standard InChI is InChI=1S/C17H25N3O3/c1-13-9-10-15(16(11-13)20(22)23)18-17(21)12-19(2)14-7-5-3-4-6-8-14/h9-11,14H,3-8,12H2,1-2H3,(H,18,21). The topological polar surface area (TPSA) is 75.5 Å². The van der Waals surface area contributed by atoms with Crippen molar-refractivity contribution in [2.75, 3.05) is 18.9 Å². The minimum atomic E-state index is -0.461. The van der Waals surface area contributed by atoms with Crippen LogP contribution in [0.15, 0.2) is 18.2 Å². The Labute approximate surface area is 137 Å². The van der Waals surface area contributed by atoms with Crippen LogP contribution in [0.2, 0.25) is 0 Å². The average molecular weight is 319 g/mol. The molecule has 1 fully saturated rings. The molecule has 0 saturated heterocycles. The Morgan fingerprint density at radius 2 is 1.96 bits per heavy atom. The molecule has 6 heteroatoms. The van der Waals surface area contributed by atoms with E-state index in [1.165, 1.54) is 31.7 Å². The number of anilines is 1. The molecule has 1 amide bonds. The summed E-state index contributed by atoms with van der Waals surface area (Å²) in [6.07, 6.45) is 7.20. The molecule has 0 heterocycles. The molecule has 126 valence electrons. The monoisotopic (exact) mass is 319 g/mol. The van der Waals surface area contributed by atoms with Crippen molar-refractivity contribution in [1.82, 2.24) is 4.90 Å². The molecule has 1 aromatic carbocycles. The fraction of sp³-hybridized carbons (Fsp3) is 0.588. The Balaban J connectivity index is 1.97. The van der Waals surface area contributed by atoms with Gasteiger partial charge in [0.25, 0.3) is 5.69 Å². The van der Waals surface area contributed by atoms with E-state index in [9.17, 15) is 14.9 Å². The number of carbonyl (C=O) groups is 1. The van der Waals surface area contributed by atoms with Crippen molar-refractivity contribution in [3.8, 4) is 0 Å². The van der Waals surface area contributed by atoms with Crippen molar-refractivity contribution in [3.05, 3.63) is 33.9 Å². The van der Waals surface area contributed by atoms with E-state index in [1.54, 1.807) is 19.1 Å². The lowest BCUT2D eigenvalue weighted by molar-refractivity contribution is -0.384. The predicted molar refractivity (Wildman–Crippen MR) is 90.6 cm³/mol. The smallest absolute Gasteiger partial charge is 0.293 e. The Morgan fingerprint density at radius 3 is 2.57 bits per heavy atom. The van der Waals surface area contributed by atoms with Gasteiger partial charge in [-0.3, -0.25) is 19.8 Å². The number of hydrogen-bond donors (Lipinski definition) is 1.